The fourth-order valence-corrected chi connectivity index (χ4v) is 3.52. The van der Waals surface area contributed by atoms with Crippen LogP contribution in [0.25, 0.3) is 0 Å². The van der Waals surface area contributed by atoms with Crippen LogP contribution in [0.15, 0.2) is 18.2 Å². The van der Waals surface area contributed by atoms with Crippen molar-refractivity contribution in [2.24, 2.45) is 7.05 Å². The highest BCUT2D eigenvalue weighted by Gasteiger charge is 2.39. The van der Waals surface area contributed by atoms with Gasteiger partial charge in [0, 0.05) is 12.1 Å². The van der Waals surface area contributed by atoms with Gasteiger partial charge in [-0.25, -0.2) is 4.39 Å². The predicted octanol–water partition coefficient (Wildman–Crippen LogP) is 5.00. The molecule has 0 aliphatic rings. The van der Waals surface area contributed by atoms with Crippen LogP contribution in [-0.4, -0.2) is 25.5 Å². The minimum Gasteiger partial charge on any atom is -0.317 e. The molecule has 0 aliphatic heterocycles. The van der Waals surface area contributed by atoms with E-state index in [2.05, 4.69) is 15.5 Å². The van der Waals surface area contributed by atoms with Gasteiger partial charge in [0.05, 0.1) is 23.6 Å². The van der Waals surface area contributed by atoms with Gasteiger partial charge < -0.3 is 5.32 Å². The van der Waals surface area contributed by atoms with E-state index >= 15 is 0 Å². The number of aromatic nitrogens is 4. The second kappa shape index (κ2) is 7.92. The summed E-state index contributed by atoms with van der Waals surface area (Å²) in [4.78, 5) is 12.6. The molecule has 0 bridgehead atoms. The third kappa shape index (κ3) is 4.15. The Labute approximate surface area is 178 Å². The summed E-state index contributed by atoms with van der Waals surface area (Å²) in [6.45, 7) is 3.49. The lowest BCUT2D eigenvalue weighted by atomic mass is 10.2. The number of carbonyl (C=O) groups is 1. The Hall–Kier alpha value is -2.59. The summed E-state index contributed by atoms with van der Waals surface area (Å²) in [6.07, 6.45) is -4.79. The van der Waals surface area contributed by atoms with Gasteiger partial charge in [-0.2, -0.15) is 23.4 Å². The Morgan fingerprint density at radius 1 is 1.20 bits per heavy atom. The Morgan fingerprint density at radius 3 is 2.43 bits per heavy atom. The molecule has 12 heteroatoms. The standard InChI is InChI=1S/C18H15Cl2F4N5O/c1-8-14(9(2)29(26-8)7-10-4-5-11(21)6-12(10)19)25-17(30)15-13(20)16(18(22,23)24)27-28(15)3/h4-6H,7H2,1-3H3,(H,25,30). The summed E-state index contributed by atoms with van der Waals surface area (Å²) in [5.74, 6) is -1.34. The fraction of sp³-hybridized carbons (Fsp3) is 0.278. The van der Waals surface area contributed by atoms with Gasteiger partial charge in [0.2, 0.25) is 0 Å². The van der Waals surface area contributed by atoms with Crippen molar-refractivity contribution in [1.82, 2.24) is 19.6 Å². The maximum Gasteiger partial charge on any atom is 0.436 e. The van der Waals surface area contributed by atoms with Crippen molar-refractivity contribution in [3.63, 3.8) is 0 Å². The molecule has 1 amide bonds. The number of halogens is 6. The molecule has 2 aromatic heterocycles. The van der Waals surface area contributed by atoms with Gasteiger partial charge >= 0.3 is 6.18 Å². The van der Waals surface area contributed by atoms with Crippen LogP contribution < -0.4 is 5.32 Å². The molecule has 3 aromatic rings. The van der Waals surface area contributed by atoms with Crippen LogP contribution in [0.3, 0.4) is 0 Å². The fourth-order valence-electron chi connectivity index (χ4n) is 2.94. The van der Waals surface area contributed by atoms with Crippen LogP contribution in [0.1, 0.15) is 33.1 Å². The second-order valence-electron chi connectivity index (χ2n) is 6.53. The molecule has 0 saturated heterocycles. The number of hydrogen-bond donors (Lipinski definition) is 1. The maximum atomic E-state index is 13.2. The van der Waals surface area contributed by atoms with Crippen LogP contribution in [0.2, 0.25) is 10.0 Å². The van der Waals surface area contributed by atoms with Crippen LogP contribution in [0, 0.1) is 19.7 Å². The summed E-state index contributed by atoms with van der Waals surface area (Å²) in [5.41, 5.74) is 0.0862. The molecule has 1 N–H and O–H groups in total. The lowest BCUT2D eigenvalue weighted by Crippen LogP contribution is -2.17. The average Bonchev–Trinajstić information content (AvgIpc) is 3.07. The van der Waals surface area contributed by atoms with Gasteiger partial charge in [-0.3, -0.25) is 14.2 Å². The van der Waals surface area contributed by atoms with E-state index in [1.165, 1.54) is 29.9 Å². The molecule has 0 saturated carbocycles. The van der Waals surface area contributed by atoms with E-state index in [1.54, 1.807) is 13.8 Å². The molecule has 3 rings (SSSR count). The van der Waals surface area contributed by atoms with Crippen LogP contribution >= 0.6 is 23.2 Å². The second-order valence-corrected chi connectivity index (χ2v) is 7.31. The van der Waals surface area contributed by atoms with Gasteiger partial charge in [0.15, 0.2) is 5.69 Å². The van der Waals surface area contributed by atoms with E-state index in [4.69, 9.17) is 23.2 Å². The molecule has 160 valence electrons. The number of rotatable bonds is 4. The Morgan fingerprint density at radius 2 is 1.87 bits per heavy atom. The molecular formula is C18H15Cl2F4N5O. The highest BCUT2D eigenvalue weighted by Crippen LogP contribution is 2.35. The molecular weight excluding hydrogens is 449 g/mol. The Kier molecular flexibility index (Phi) is 5.83. The third-order valence-corrected chi connectivity index (χ3v) is 5.14. The van der Waals surface area contributed by atoms with Crippen molar-refractivity contribution in [3.8, 4) is 0 Å². The zero-order valence-electron chi connectivity index (χ0n) is 15.9. The van der Waals surface area contributed by atoms with Gasteiger partial charge in [0.25, 0.3) is 5.91 Å². The SMILES string of the molecule is Cc1nn(Cc2ccc(F)cc2Cl)c(C)c1NC(=O)c1c(Cl)c(C(F)(F)F)nn1C. The average molecular weight is 464 g/mol. The highest BCUT2D eigenvalue weighted by atomic mass is 35.5. The molecule has 30 heavy (non-hydrogen) atoms. The summed E-state index contributed by atoms with van der Waals surface area (Å²) in [5, 5.41) is 9.59. The third-order valence-electron chi connectivity index (χ3n) is 4.43. The molecule has 1 aromatic carbocycles. The lowest BCUT2D eigenvalue weighted by molar-refractivity contribution is -0.141. The van der Waals surface area contributed by atoms with Gasteiger partial charge in [-0.05, 0) is 31.5 Å². The molecule has 2 heterocycles. The summed E-state index contributed by atoms with van der Waals surface area (Å²) in [7, 11) is 1.19. The van der Waals surface area contributed by atoms with Crippen molar-refractivity contribution in [2.75, 3.05) is 5.32 Å². The quantitative estimate of drug-likeness (QED) is 0.553. The Balaban J connectivity index is 1.90. The summed E-state index contributed by atoms with van der Waals surface area (Å²) >= 11 is 11.8. The van der Waals surface area contributed by atoms with Crippen molar-refractivity contribution in [1.29, 1.82) is 0 Å². The first-order chi connectivity index (χ1) is 13.9. The van der Waals surface area contributed by atoms with E-state index in [-0.39, 0.29) is 11.6 Å². The van der Waals surface area contributed by atoms with Crippen LogP contribution in [0.5, 0.6) is 0 Å². The first-order valence-corrected chi connectivity index (χ1v) is 9.24. The van der Waals surface area contributed by atoms with Crippen molar-refractivity contribution in [3.05, 3.63) is 62.4 Å². The number of nitrogens with one attached hydrogen (secondary N) is 1. The Bertz CT molecular complexity index is 1140. The smallest absolute Gasteiger partial charge is 0.317 e. The normalized spacial score (nSPS) is 11.8. The zero-order valence-corrected chi connectivity index (χ0v) is 17.4. The van der Waals surface area contributed by atoms with E-state index in [1.807, 2.05) is 0 Å². The summed E-state index contributed by atoms with van der Waals surface area (Å²) < 4.78 is 54.5. The lowest BCUT2D eigenvalue weighted by Gasteiger charge is -2.09. The number of benzene rings is 1. The number of amides is 1. The first-order valence-electron chi connectivity index (χ1n) is 8.49. The van der Waals surface area contributed by atoms with E-state index in [0.29, 0.717) is 22.6 Å². The van der Waals surface area contributed by atoms with Gasteiger partial charge in [-0.1, -0.05) is 29.3 Å². The van der Waals surface area contributed by atoms with E-state index in [9.17, 15) is 22.4 Å². The number of anilines is 1. The van der Waals surface area contributed by atoms with Crippen molar-refractivity contribution >= 4 is 34.8 Å². The van der Waals surface area contributed by atoms with Crippen LogP contribution in [-0.2, 0) is 19.8 Å². The molecule has 0 radical (unpaired) electrons. The topological polar surface area (TPSA) is 64.7 Å². The maximum absolute atomic E-state index is 13.2. The number of aryl methyl sites for hydroxylation is 2. The van der Waals surface area contributed by atoms with E-state index in [0.717, 1.165) is 4.68 Å². The molecule has 0 unspecified atom stereocenters. The molecule has 0 spiro atoms. The van der Waals surface area contributed by atoms with Crippen molar-refractivity contribution < 1.29 is 22.4 Å². The highest BCUT2D eigenvalue weighted by molar-refractivity contribution is 6.35. The predicted molar refractivity (Wildman–Crippen MR) is 103 cm³/mol. The van der Waals surface area contributed by atoms with Crippen LogP contribution in [0.4, 0.5) is 23.2 Å². The minimum absolute atomic E-state index is 0.201. The molecule has 0 atom stereocenters. The first kappa shape index (κ1) is 22.1. The number of carbonyl (C=O) groups excluding carboxylic acids is 1. The zero-order chi connectivity index (χ0) is 22.4. The number of nitrogens with zero attached hydrogens (tertiary/aromatic N) is 4. The molecule has 0 fully saturated rings. The number of hydrogen-bond acceptors (Lipinski definition) is 3. The number of alkyl halides is 3. The monoisotopic (exact) mass is 463 g/mol. The minimum atomic E-state index is -4.79. The van der Waals surface area contributed by atoms with Gasteiger partial charge in [-0.15, -0.1) is 0 Å². The van der Waals surface area contributed by atoms with Gasteiger partial charge in [0.1, 0.15) is 16.5 Å². The largest absolute Gasteiger partial charge is 0.436 e. The summed E-state index contributed by atoms with van der Waals surface area (Å²) in [6, 6.07) is 3.95. The molecule has 6 nitrogen and oxygen atoms in total. The van der Waals surface area contributed by atoms with E-state index < -0.39 is 34.3 Å². The van der Waals surface area contributed by atoms with Crippen molar-refractivity contribution in [2.45, 2.75) is 26.6 Å². The molecule has 0 aliphatic carbocycles.